The molecule has 15 heavy (non-hydrogen) atoms. The number of hydrogen-bond donors (Lipinski definition) is 1. The van der Waals surface area contributed by atoms with Crippen LogP contribution >= 0.6 is 11.6 Å². The number of nitrogens with one attached hydrogen (secondary N) is 1. The van der Waals surface area contributed by atoms with Gasteiger partial charge in [0.05, 0.1) is 6.20 Å². The van der Waals surface area contributed by atoms with Crippen molar-refractivity contribution in [2.75, 3.05) is 32.0 Å². The molecule has 0 aliphatic heterocycles. The molecule has 0 spiro atoms. The zero-order chi connectivity index (χ0) is 11.3. The first-order chi connectivity index (χ1) is 7.13. The molecule has 0 saturated heterocycles. The topological polar surface area (TPSA) is 41.0 Å². The molecule has 1 N–H and O–H groups in total. The highest BCUT2D eigenvalue weighted by molar-refractivity contribution is 6.28. The molecule has 0 radical (unpaired) electrons. The van der Waals surface area contributed by atoms with Crippen LogP contribution in [0, 0.1) is 5.82 Å². The first-order valence-corrected chi connectivity index (χ1v) is 5.11. The van der Waals surface area contributed by atoms with Crippen LogP contribution in [0.1, 0.15) is 6.92 Å². The predicted molar refractivity (Wildman–Crippen MR) is 58.7 cm³/mol. The Morgan fingerprint density at radius 2 is 2.33 bits per heavy atom. The Morgan fingerprint density at radius 3 is 3.00 bits per heavy atom. The molecule has 0 fully saturated rings. The van der Waals surface area contributed by atoms with Crippen LogP contribution in [0.5, 0.6) is 0 Å². The lowest BCUT2D eigenvalue weighted by atomic mass is 10.5. The zero-order valence-corrected chi connectivity index (χ0v) is 9.55. The van der Waals surface area contributed by atoms with Gasteiger partial charge in [-0.05, 0) is 25.2 Å². The van der Waals surface area contributed by atoms with Crippen molar-refractivity contribution in [2.24, 2.45) is 0 Å². The number of aromatic nitrogens is 2. The Hall–Kier alpha value is -0.940. The van der Waals surface area contributed by atoms with Gasteiger partial charge in [-0.15, -0.1) is 0 Å². The van der Waals surface area contributed by atoms with Gasteiger partial charge in [0.2, 0.25) is 5.28 Å². The fourth-order valence-electron chi connectivity index (χ4n) is 0.993. The molecule has 0 aliphatic rings. The molecular weight excluding hydrogens is 219 g/mol. The highest BCUT2D eigenvalue weighted by atomic mass is 35.5. The minimum atomic E-state index is -0.487. The first kappa shape index (κ1) is 12.1. The second-order valence-electron chi connectivity index (χ2n) is 3.16. The zero-order valence-electron chi connectivity index (χ0n) is 8.80. The fourth-order valence-corrected chi connectivity index (χ4v) is 1.13. The molecule has 0 amide bonds. The van der Waals surface area contributed by atoms with Gasteiger partial charge in [0.25, 0.3) is 0 Å². The second kappa shape index (κ2) is 5.82. The maximum Gasteiger partial charge on any atom is 0.224 e. The Labute approximate surface area is 93.5 Å². The minimum absolute atomic E-state index is 0.0442. The highest BCUT2D eigenvalue weighted by Crippen LogP contribution is 2.11. The quantitative estimate of drug-likeness (QED) is 0.784. The smallest absolute Gasteiger partial charge is 0.224 e. The average molecular weight is 233 g/mol. The lowest BCUT2D eigenvalue weighted by Gasteiger charge is -2.14. The largest absolute Gasteiger partial charge is 0.366 e. The summed E-state index contributed by atoms with van der Waals surface area (Å²) in [6.45, 7) is 4.45. The standard InChI is InChI=1S/C9H14ClFN4/c1-3-15(2)5-4-12-8-7(11)6-13-9(10)14-8/h6H,3-5H2,1-2H3,(H,12,13,14). The summed E-state index contributed by atoms with van der Waals surface area (Å²) in [6, 6.07) is 0. The van der Waals surface area contributed by atoms with Crippen molar-refractivity contribution in [2.45, 2.75) is 6.92 Å². The van der Waals surface area contributed by atoms with Gasteiger partial charge in [0.15, 0.2) is 11.6 Å². The third kappa shape index (κ3) is 3.97. The summed E-state index contributed by atoms with van der Waals surface area (Å²) in [5.74, 6) is -0.335. The van der Waals surface area contributed by atoms with Gasteiger partial charge in [0.1, 0.15) is 0 Å². The lowest BCUT2D eigenvalue weighted by molar-refractivity contribution is 0.366. The molecule has 0 unspecified atom stereocenters. The molecule has 6 heteroatoms. The Kier molecular flexibility index (Phi) is 4.71. The lowest BCUT2D eigenvalue weighted by Crippen LogP contribution is -2.25. The molecule has 0 aromatic carbocycles. The summed E-state index contributed by atoms with van der Waals surface area (Å²) in [5, 5.41) is 2.91. The van der Waals surface area contributed by atoms with E-state index in [1.165, 1.54) is 0 Å². The van der Waals surface area contributed by atoms with Gasteiger partial charge >= 0.3 is 0 Å². The van der Waals surface area contributed by atoms with E-state index >= 15 is 0 Å². The highest BCUT2D eigenvalue weighted by Gasteiger charge is 2.04. The van der Waals surface area contributed by atoms with Crippen molar-refractivity contribution < 1.29 is 4.39 Å². The van der Waals surface area contributed by atoms with E-state index in [2.05, 4.69) is 27.1 Å². The van der Waals surface area contributed by atoms with Gasteiger partial charge < -0.3 is 10.2 Å². The number of anilines is 1. The Morgan fingerprint density at radius 1 is 1.60 bits per heavy atom. The molecule has 1 aromatic heterocycles. The van der Waals surface area contributed by atoms with E-state index in [1.807, 2.05) is 7.05 Å². The van der Waals surface area contributed by atoms with E-state index < -0.39 is 5.82 Å². The third-order valence-electron chi connectivity index (χ3n) is 2.04. The molecule has 84 valence electrons. The van der Waals surface area contributed by atoms with Gasteiger partial charge in [-0.3, -0.25) is 0 Å². The van der Waals surface area contributed by atoms with Crippen LogP contribution in [0.3, 0.4) is 0 Å². The van der Waals surface area contributed by atoms with E-state index in [9.17, 15) is 4.39 Å². The third-order valence-corrected chi connectivity index (χ3v) is 2.22. The summed E-state index contributed by atoms with van der Waals surface area (Å²) < 4.78 is 13.1. The van der Waals surface area contributed by atoms with E-state index in [4.69, 9.17) is 11.6 Å². The summed E-state index contributed by atoms with van der Waals surface area (Å²) in [7, 11) is 1.99. The molecule has 0 aliphatic carbocycles. The summed E-state index contributed by atoms with van der Waals surface area (Å²) >= 11 is 5.55. The minimum Gasteiger partial charge on any atom is -0.366 e. The second-order valence-corrected chi connectivity index (χ2v) is 3.50. The molecule has 4 nitrogen and oxygen atoms in total. The van der Waals surface area contributed by atoms with Gasteiger partial charge in [0, 0.05) is 13.1 Å². The van der Waals surface area contributed by atoms with Crippen molar-refractivity contribution in [3.8, 4) is 0 Å². The summed E-state index contributed by atoms with van der Waals surface area (Å²) in [5.41, 5.74) is 0. The van der Waals surface area contributed by atoms with Crippen LogP contribution in [0.4, 0.5) is 10.2 Å². The fraction of sp³-hybridized carbons (Fsp3) is 0.556. The van der Waals surface area contributed by atoms with E-state index in [-0.39, 0.29) is 11.1 Å². The van der Waals surface area contributed by atoms with Gasteiger partial charge in [-0.1, -0.05) is 6.92 Å². The molecule has 1 heterocycles. The molecule has 1 rings (SSSR count). The van der Waals surface area contributed by atoms with Gasteiger partial charge in [-0.2, -0.15) is 4.98 Å². The predicted octanol–water partition coefficient (Wildman–Crippen LogP) is 1.63. The van der Waals surface area contributed by atoms with Crippen LogP contribution in [-0.2, 0) is 0 Å². The molecule has 0 atom stereocenters. The molecule has 0 bridgehead atoms. The Bertz CT molecular complexity index is 321. The van der Waals surface area contributed by atoms with Gasteiger partial charge in [-0.25, -0.2) is 9.37 Å². The first-order valence-electron chi connectivity index (χ1n) is 4.74. The number of rotatable bonds is 5. The molecule has 0 saturated carbocycles. The monoisotopic (exact) mass is 232 g/mol. The van der Waals surface area contributed by atoms with Crippen molar-refractivity contribution in [3.63, 3.8) is 0 Å². The van der Waals surface area contributed by atoms with Crippen molar-refractivity contribution in [1.82, 2.24) is 14.9 Å². The van der Waals surface area contributed by atoms with E-state index in [1.54, 1.807) is 0 Å². The van der Waals surface area contributed by atoms with Crippen LogP contribution < -0.4 is 5.32 Å². The molecule has 1 aromatic rings. The number of hydrogen-bond acceptors (Lipinski definition) is 4. The average Bonchev–Trinajstić information content (AvgIpc) is 2.23. The van der Waals surface area contributed by atoms with E-state index in [0.717, 1.165) is 19.3 Å². The van der Waals surface area contributed by atoms with E-state index in [0.29, 0.717) is 6.54 Å². The normalized spacial score (nSPS) is 10.7. The SMILES string of the molecule is CCN(C)CCNc1nc(Cl)ncc1F. The summed E-state index contributed by atoms with van der Waals surface area (Å²) in [4.78, 5) is 9.38. The maximum absolute atomic E-state index is 13.1. The summed E-state index contributed by atoms with van der Waals surface area (Å²) in [6.07, 6.45) is 1.06. The van der Waals surface area contributed by atoms with Crippen LogP contribution in [0.15, 0.2) is 6.20 Å². The Balaban J connectivity index is 2.46. The molecular formula is C9H14ClFN4. The maximum atomic E-state index is 13.1. The van der Waals surface area contributed by atoms with Crippen LogP contribution in [0.25, 0.3) is 0 Å². The van der Waals surface area contributed by atoms with Crippen LogP contribution in [-0.4, -0.2) is 41.5 Å². The van der Waals surface area contributed by atoms with Crippen molar-refractivity contribution in [1.29, 1.82) is 0 Å². The van der Waals surface area contributed by atoms with Crippen molar-refractivity contribution in [3.05, 3.63) is 17.3 Å². The van der Waals surface area contributed by atoms with Crippen molar-refractivity contribution >= 4 is 17.4 Å². The van der Waals surface area contributed by atoms with Crippen LogP contribution in [0.2, 0.25) is 5.28 Å². The number of halogens is 2. The number of nitrogens with zero attached hydrogens (tertiary/aromatic N) is 3. The number of likely N-dealkylation sites (N-methyl/N-ethyl adjacent to an activating group) is 1.